The molecule has 0 atom stereocenters. The summed E-state index contributed by atoms with van der Waals surface area (Å²) in [5, 5.41) is -0.336. The summed E-state index contributed by atoms with van der Waals surface area (Å²) in [4.78, 5) is 25.4. The van der Waals surface area contributed by atoms with Crippen LogP contribution < -0.4 is 4.74 Å². The molecule has 0 saturated carbocycles. The lowest BCUT2D eigenvalue weighted by molar-refractivity contribution is -0.122. The molecule has 1 fully saturated rings. The fourth-order valence-corrected chi connectivity index (χ4v) is 3.48. The predicted molar refractivity (Wildman–Crippen MR) is 111 cm³/mol. The number of rotatable bonds is 5. The second-order valence-electron chi connectivity index (χ2n) is 5.46. The van der Waals surface area contributed by atoms with E-state index in [1.165, 1.54) is 3.57 Å². The van der Waals surface area contributed by atoms with Crippen molar-refractivity contribution in [3.05, 3.63) is 68.1 Å². The summed E-state index contributed by atoms with van der Waals surface area (Å²) in [5.41, 5.74) is 1.91. The maximum absolute atomic E-state index is 12.2. The fraction of sp³-hybridized carbons (Fsp3) is 0.100. The van der Waals surface area contributed by atoms with Gasteiger partial charge in [-0.15, -0.1) is 6.42 Å². The molecule has 0 aromatic heterocycles. The minimum atomic E-state index is -0.350. The van der Waals surface area contributed by atoms with Crippen LogP contribution in [0.4, 0.5) is 4.79 Å². The monoisotopic (exact) mass is 475 g/mol. The van der Waals surface area contributed by atoms with Crippen LogP contribution in [0.3, 0.4) is 0 Å². The number of thioether (sulfide) groups is 1. The van der Waals surface area contributed by atoms with Crippen molar-refractivity contribution in [3.8, 4) is 18.1 Å². The largest absolute Gasteiger partial charge is 0.489 e. The SMILES string of the molecule is C#CCN1C(=O)SC(=Cc2ccc(OCc3ccc(I)cc3)cc2)C1=O. The quantitative estimate of drug-likeness (QED) is 0.362. The average molecular weight is 475 g/mol. The molecule has 0 N–H and O–H groups in total. The maximum atomic E-state index is 12.2. The lowest BCUT2D eigenvalue weighted by atomic mass is 10.2. The zero-order valence-electron chi connectivity index (χ0n) is 13.6. The van der Waals surface area contributed by atoms with Gasteiger partial charge in [0.15, 0.2) is 0 Å². The van der Waals surface area contributed by atoms with Crippen LogP contribution in [0.15, 0.2) is 53.4 Å². The summed E-state index contributed by atoms with van der Waals surface area (Å²) in [6.07, 6.45) is 6.87. The summed E-state index contributed by atoms with van der Waals surface area (Å²) >= 11 is 3.16. The van der Waals surface area contributed by atoms with Gasteiger partial charge in [0.25, 0.3) is 11.1 Å². The van der Waals surface area contributed by atoms with E-state index in [-0.39, 0.29) is 17.7 Å². The Morgan fingerprint density at radius 2 is 1.81 bits per heavy atom. The molecule has 4 nitrogen and oxygen atoms in total. The van der Waals surface area contributed by atoms with Gasteiger partial charge in [0.05, 0.1) is 11.4 Å². The Balaban J connectivity index is 1.64. The summed E-state index contributed by atoms with van der Waals surface area (Å²) in [6, 6.07) is 15.5. The third-order valence-corrected chi connectivity index (χ3v) is 5.25. The molecule has 1 aliphatic rings. The number of imide groups is 1. The molecule has 0 spiro atoms. The van der Waals surface area contributed by atoms with Gasteiger partial charge in [0.2, 0.25) is 0 Å². The van der Waals surface area contributed by atoms with Crippen LogP contribution in [0.5, 0.6) is 5.75 Å². The second kappa shape index (κ2) is 8.43. The maximum Gasteiger partial charge on any atom is 0.294 e. The smallest absolute Gasteiger partial charge is 0.294 e. The van der Waals surface area contributed by atoms with Crippen LogP contribution >= 0.6 is 34.4 Å². The Labute approximate surface area is 169 Å². The van der Waals surface area contributed by atoms with Gasteiger partial charge < -0.3 is 4.74 Å². The molecular formula is C20H14INO3S. The molecular weight excluding hydrogens is 461 g/mol. The van der Waals surface area contributed by atoms with Crippen molar-refractivity contribution in [3.63, 3.8) is 0 Å². The minimum absolute atomic E-state index is 0.00662. The number of ether oxygens (including phenoxy) is 1. The van der Waals surface area contributed by atoms with Gasteiger partial charge in [-0.3, -0.25) is 14.5 Å². The summed E-state index contributed by atoms with van der Waals surface area (Å²) < 4.78 is 6.95. The van der Waals surface area contributed by atoms with E-state index in [1.807, 2.05) is 48.5 Å². The molecule has 3 rings (SSSR count). The van der Waals surface area contributed by atoms with E-state index in [4.69, 9.17) is 11.2 Å². The van der Waals surface area contributed by atoms with Crippen LogP contribution in [-0.4, -0.2) is 22.6 Å². The van der Waals surface area contributed by atoms with E-state index in [9.17, 15) is 9.59 Å². The summed E-state index contributed by atoms with van der Waals surface area (Å²) in [7, 11) is 0. The molecule has 130 valence electrons. The lowest BCUT2D eigenvalue weighted by Gasteiger charge is -2.07. The molecule has 0 aliphatic carbocycles. The number of carbonyl (C=O) groups excluding carboxylic acids is 2. The number of hydrogen-bond donors (Lipinski definition) is 0. The Hall–Kier alpha value is -2.24. The van der Waals surface area contributed by atoms with E-state index in [1.54, 1.807) is 6.08 Å². The van der Waals surface area contributed by atoms with Crippen molar-refractivity contribution in [2.75, 3.05) is 6.54 Å². The van der Waals surface area contributed by atoms with E-state index < -0.39 is 0 Å². The van der Waals surface area contributed by atoms with E-state index >= 15 is 0 Å². The number of terminal acetylenes is 1. The number of carbonyl (C=O) groups is 2. The number of hydrogen-bond acceptors (Lipinski definition) is 4. The normalized spacial score (nSPS) is 15.4. The zero-order chi connectivity index (χ0) is 18.5. The van der Waals surface area contributed by atoms with Crippen LogP contribution in [0, 0.1) is 15.9 Å². The molecule has 1 aliphatic heterocycles. The number of amides is 2. The van der Waals surface area contributed by atoms with Gasteiger partial charge in [-0.25, -0.2) is 0 Å². The average Bonchev–Trinajstić information content (AvgIpc) is 2.90. The first-order valence-electron chi connectivity index (χ1n) is 7.73. The van der Waals surface area contributed by atoms with E-state index in [0.717, 1.165) is 33.5 Å². The number of halogens is 1. The van der Waals surface area contributed by atoms with Crippen LogP contribution in [-0.2, 0) is 11.4 Å². The topological polar surface area (TPSA) is 46.6 Å². The standard InChI is InChI=1S/C20H14INO3S/c1-2-11-22-19(23)18(26-20(22)24)12-14-5-9-17(10-6-14)25-13-15-3-7-16(21)8-4-15/h1,3-10,12H,11,13H2. The zero-order valence-corrected chi connectivity index (χ0v) is 16.6. The van der Waals surface area contributed by atoms with Crippen LogP contribution in [0.2, 0.25) is 0 Å². The molecule has 2 aromatic carbocycles. The molecule has 2 aromatic rings. The Morgan fingerprint density at radius 3 is 2.46 bits per heavy atom. The van der Waals surface area contributed by atoms with Crippen molar-refractivity contribution in [2.45, 2.75) is 6.61 Å². The second-order valence-corrected chi connectivity index (χ2v) is 7.69. The summed E-state index contributed by atoms with van der Waals surface area (Å²) in [6.45, 7) is 0.481. The van der Waals surface area contributed by atoms with Crippen molar-refractivity contribution in [1.82, 2.24) is 4.90 Å². The minimum Gasteiger partial charge on any atom is -0.489 e. The van der Waals surface area contributed by atoms with Gasteiger partial charge in [0, 0.05) is 3.57 Å². The molecule has 6 heteroatoms. The molecule has 1 saturated heterocycles. The first-order valence-corrected chi connectivity index (χ1v) is 9.62. The Kier molecular flexibility index (Phi) is 6.01. The van der Waals surface area contributed by atoms with Crippen molar-refractivity contribution in [2.24, 2.45) is 0 Å². The van der Waals surface area contributed by atoms with Crippen LogP contribution in [0.1, 0.15) is 11.1 Å². The fourth-order valence-electron chi connectivity index (χ4n) is 2.29. The van der Waals surface area contributed by atoms with Gasteiger partial charge in [-0.05, 0) is 75.8 Å². The van der Waals surface area contributed by atoms with Crippen LogP contribution in [0.25, 0.3) is 6.08 Å². The third kappa shape index (κ3) is 4.48. The van der Waals surface area contributed by atoms with E-state index in [2.05, 4.69) is 28.5 Å². The molecule has 1 heterocycles. The van der Waals surface area contributed by atoms with Crippen molar-refractivity contribution >= 4 is 51.6 Å². The van der Waals surface area contributed by atoms with Crippen molar-refractivity contribution < 1.29 is 14.3 Å². The Morgan fingerprint density at radius 1 is 1.12 bits per heavy atom. The molecule has 0 unspecified atom stereocenters. The Bertz CT molecular complexity index is 898. The first kappa shape index (κ1) is 18.5. The highest BCUT2D eigenvalue weighted by Crippen LogP contribution is 2.32. The molecule has 2 amide bonds. The summed E-state index contributed by atoms with van der Waals surface area (Å²) in [5.74, 6) is 2.71. The number of nitrogens with zero attached hydrogens (tertiary/aromatic N) is 1. The highest BCUT2D eigenvalue weighted by atomic mass is 127. The molecule has 0 radical (unpaired) electrons. The number of benzene rings is 2. The van der Waals surface area contributed by atoms with Crippen molar-refractivity contribution in [1.29, 1.82) is 0 Å². The first-order chi connectivity index (χ1) is 12.6. The lowest BCUT2D eigenvalue weighted by Crippen LogP contribution is -2.28. The van der Waals surface area contributed by atoms with Gasteiger partial charge in [0.1, 0.15) is 12.4 Å². The third-order valence-electron chi connectivity index (χ3n) is 3.62. The highest BCUT2D eigenvalue weighted by molar-refractivity contribution is 14.1. The van der Waals surface area contributed by atoms with Gasteiger partial charge in [-0.1, -0.05) is 30.2 Å². The molecule has 0 bridgehead atoms. The van der Waals surface area contributed by atoms with Gasteiger partial charge >= 0.3 is 0 Å². The highest BCUT2D eigenvalue weighted by Gasteiger charge is 2.34. The van der Waals surface area contributed by atoms with Gasteiger partial charge in [-0.2, -0.15) is 0 Å². The predicted octanol–water partition coefficient (Wildman–Crippen LogP) is 4.54. The van der Waals surface area contributed by atoms with E-state index in [0.29, 0.717) is 11.5 Å². The molecule has 26 heavy (non-hydrogen) atoms.